The fourth-order valence-corrected chi connectivity index (χ4v) is 2.68. The molecule has 2 N–H and O–H groups in total. The quantitative estimate of drug-likeness (QED) is 0.370. The number of benzene rings is 1. The Labute approximate surface area is 173 Å². The van der Waals surface area contributed by atoms with Gasteiger partial charge in [0.25, 0.3) is 0 Å². The van der Waals surface area contributed by atoms with Crippen molar-refractivity contribution in [3.63, 3.8) is 0 Å². The lowest BCUT2D eigenvalue weighted by Gasteiger charge is -2.17. The number of nitrogens with zero attached hydrogens (tertiary/aromatic N) is 3. The molecule has 0 saturated heterocycles. The average Bonchev–Trinajstić information content (AvgIpc) is 2.92. The number of aliphatic imine (C=N–C) groups is 1. The number of hydrogen-bond acceptors (Lipinski definition) is 3. The van der Waals surface area contributed by atoms with Gasteiger partial charge in [-0.3, -0.25) is 9.67 Å². The minimum absolute atomic E-state index is 0. The van der Waals surface area contributed by atoms with Gasteiger partial charge in [-0.25, -0.2) is 0 Å². The number of aryl methyl sites for hydroxylation is 2. The van der Waals surface area contributed by atoms with E-state index in [4.69, 9.17) is 4.74 Å². The van der Waals surface area contributed by atoms with Crippen molar-refractivity contribution in [1.29, 1.82) is 0 Å². The molecule has 1 aromatic carbocycles. The fraction of sp³-hybridized carbons (Fsp3) is 0.474. The molecule has 2 aromatic rings. The first-order valence-electron chi connectivity index (χ1n) is 8.60. The smallest absolute Gasteiger partial charge is 0.191 e. The summed E-state index contributed by atoms with van der Waals surface area (Å²) in [7, 11) is 3.46. The van der Waals surface area contributed by atoms with Gasteiger partial charge in [0.1, 0.15) is 5.75 Å². The lowest BCUT2D eigenvalue weighted by molar-refractivity contribution is 0.414. The van der Waals surface area contributed by atoms with Gasteiger partial charge in [-0.05, 0) is 43.5 Å². The third kappa shape index (κ3) is 6.86. The van der Waals surface area contributed by atoms with E-state index >= 15 is 0 Å². The average molecular weight is 471 g/mol. The van der Waals surface area contributed by atoms with Gasteiger partial charge in [-0.1, -0.05) is 19.1 Å². The fourth-order valence-electron chi connectivity index (χ4n) is 2.68. The van der Waals surface area contributed by atoms with Crippen LogP contribution in [0.25, 0.3) is 0 Å². The second-order valence-electron chi connectivity index (χ2n) is 6.37. The van der Waals surface area contributed by atoms with Crippen LogP contribution in [0.3, 0.4) is 0 Å². The van der Waals surface area contributed by atoms with Crippen LogP contribution in [0.2, 0.25) is 0 Å². The van der Waals surface area contributed by atoms with Crippen molar-refractivity contribution in [3.05, 3.63) is 47.3 Å². The largest absolute Gasteiger partial charge is 0.497 e. The molecule has 1 aromatic heterocycles. The molecular formula is C19H30IN5O. The molecule has 0 spiro atoms. The summed E-state index contributed by atoms with van der Waals surface area (Å²) in [6, 6.07) is 10.1. The van der Waals surface area contributed by atoms with Gasteiger partial charge in [-0.15, -0.1) is 24.0 Å². The Morgan fingerprint density at radius 2 is 2.04 bits per heavy atom. The summed E-state index contributed by atoms with van der Waals surface area (Å²) in [6.45, 7) is 8.74. The molecule has 0 aliphatic rings. The molecule has 0 bridgehead atoms. The molecular weight excluding hydrogens is 441 g/mol. The Hall–Kier alpha value is -1.77. The van der Waals surface area contributed by atoms with E-state index < -0.39 is 0 Å². The van der Waals surface area contributed by atoms with E-state index in [9.17, 15) is 0 Å². The summed E-state index contributed by atoms with van der Waals surface area (Å²) in [4.78, 5) is 4.29. The van der Waals surface area contributed by atoms with Gasteiger partial charge >= 0.3 is 0 Å². The maximum Gasteiger partial charge on any atom is 0.191 e. The van der Waals surface area contributed by atoms with Crippen LogP contribution in [-0.2, 0) is 13.1 Å². The van der Waals surface area contributed by atoms with Crippen molar-refractivity contribution in [2.75, 3.05) is 20.7 Å². The molecule has 0 fully saturated rings. The number of hydrogen-bond donors (Lipinski definition) is 2. The molecule has 6 nitrogen and oxygen atoms in total. The normalized spacial score (nSPS) is 12.3. The van der Waals surface area contributed by atoms with E-state index in [0.29, 0.717) is 12.5 Å². The number of halogens is 1. The second-order valence-corrected chi connectivity index (χ2v) is 6.37. The molecule has 7 heteroatoms. The number of methoxy groups -OCH3 is 1. The van der Waals surface area contributed by atoms with E-state index in [2.05, 4.69) is 51.4 Å². The third-order valence-electron chi connectivity index (χ3n) is 4.02. The Bertz CT molecular complexity index is 714. The van der Waals surface area contributed by atoms with E-state index in [1.807, 2.05) is 25.1 Å². The van der Waals surface area contributed by atoms with Crippen LogP contribution in [-0.4, -0.2) is 36.4 Å². The van der Waals surface area contributed by atoms with Gasteiger partial charge in [0.15, 0.2) is 5.96 Å². The molecule has 0 amide bonds. The molecule has 1 heterocycles. The zero-order valence-corrected chi connectivity index (χ0v) is 18.6. The lowest BCUT2D eigenvalue weighted by Crippen LogP contribution is -2.39. The van der Waals surface area contributed by atoms with Crippen LogP contribution in [0.1, 0.15) is 23.9 Å². The van der Waals surface area contributed by atoms with Crippen LogP contribution in [0.15, 0.2) is 35.3 Å². The highest BCUT2D eigenvalue weighted by molar-refractivity contribution is 14.0. The van der Waals surface area contributed by atoms with Crippen molar-refractivity contribution >= 4 is 29.9 Å². The molecule has 1 unspecified atom stereocenters. The SMILES string of the molecule is CN=C(NCc1cccc(OC)c1)NCC(C)Cn1nc(C)cc1C.I. The maximum atomic E-state index is 5.25. The van der Waals surface area contributed by atoms with E-state index in [0.717, 1.165) is 36.1 Å². The summed E-state index contributed by atoms with van der Waals surface area (Å²) in [5, 5.41) is 11.2. The Morgan fingerprint density at radius 3 is 2.65 bits per heavy atom. The minimum atomic E-state index is 0. The highest BCUT2D eigenvalue weighted by Gasteiger charge is 2.08. The van der Waals surface area contributed by atoms with Crippen molar-refractivity contribution in [1.82, 2.24) is 20.4 Å². The highest BCUT2D eigenvalue weighted by atomic mass is 127. The maximum absolute atomic E-state index is 5.25. The zero-order chi connectivity index (χ0) is 18.2. The zero-order valence-electron chi connectivity index (χ0n) is 16.2. The molecule has 0 radical (unpaired) electrons. The van der Waals surface area contributed by atoms with E-state index in [1.165, 1.54) is 5.69 Å². The summed E-state index contributed by atoms with van der Waals surface area (Å²) < 4.78 is 7.32. The van der Waals surface area contributed by atoms with Crippen molar-refractivity contribution in [3.8, 4) is 5.75 Å². The molecule has 1 atom stereocenters. The van der Waals surface area contributed by atoms with Gasteiger partial charge < -0.3 is 15.4 Å². The first kappa shape index (κ1) is 22.3. The Kier molecular flexibility index (Phi) is 9.47. The van der Waals surface area contributed by atoms with Gasteiger partial charge in [0.2, 0.25) is 0 Å². The Balaban J connectivity index is 0.00000338. The van der Waals surface area contributed by atoms with Crippen molar-refractivity contribution in [2.45, 2.75) is 33.9 Å². The molecule has 0 saturated carbocycles. The van der Waals surface area contributed by atoms with E-state index in [-0.39, 0.29) is 24.0 Å². The number of rotatable bonds is 7. The van der Waals surface area contributed by atoms with Crippen LogP contribution < -0.4 is 15.4 Å². The number of guanidine groups is 1. The number of nitrogens with one attached hydrogen (secondary N) is 2. The van der Waals surface area contributed by atoms with Crippen molar-refractivity contribution < 1.29 is 4.74 Å². The number of ether oxygens (including phenoxy) is 1. The highest BCUT2D eigenvalue weighted by Crippen LogP contribution is 2.12. The minimum Gasteiger partial charge on any atom is -0.497 e. The summed E-state index contributed by atoms with van der Waals surface area (Å²) in [5.74, 6) is 2.09. The molecule has 0 aliphatic heterocycles. The van der Waals surface area contributed by atoms with Crippen LogP contribution in [0.4, 0.5) is 0 Å². The van der Waals surface area contributed by atoms with Crippen LogP contribution in [0, 0.1) is 19.8 Å². The Morgan fingerprint density at radius 1 is 1.27 bits per heavy atom. The lowest BCUT2D eigenvalue weighted by atomic mass is 10.2. The van der Waals surface area contributed by atoms with Crippen molar-refractivity contribution in [2.24, 2.45) is 10.9 Å². The predicted molar refractivity (Wildman–Crippen MR) is 117 cm³/mol. The first-order valence-corrected chi connectivity index (χ1v) is 8.60. The molecule has 2 rings (SSSR count). The van der Waals surface area contributed by atoms with Crippen LogP contribution in [0.5, 0.6) is 5.75 Å². The topological polar surface area (TPSA) is 63.5 Å². The third-order valence-corrected chi connectivity index (χ3v) is 4.02. The molecule has 0 aliphatic carbocycles. The predicted octanol–water partition coefficient (Wildman–Crippen LogP) is 3.13. The standard InChI is InChI=1S/C19H29N5O.HI/c1-14(13-24-16(3)9-15(2)23-24)11-21-19(20-4)22-12-17-7-6-8-18(10-17)25-5;/h6-10,14H,11-13H2,1-5H3,(H2,20,21,22);1H. The summed E-state index contributed by atoms with van der Waals surface area (Å²) in [5.41, 5.74) is 3.41. The van der Waals surface area contributed by atoms with Crippen LogP contribution >= 0.6 is 24.0 Å². The summed E-state index contributed by atoms with van der Waals surface area (Å²) >= 11 is 0. The first-order chi connectivity index (χ1) is 12.0. The molecule has 26 heavy (non-hydrogen) atoms. The summed E-state index contributed by atoms with van der Waals surface area (Å²) in [6.07, 6.45) is 0. The van der Waals surface area contributed by atoms with Gasteiger partial charge in [0.05, 0.1) is 12.8 Å². The monoisotopic (exact) mass is 471 g/mol. The molecule has 144 valence electrons. The second kappa shape index (κ2) is 11.1. The van der Waals surface area contributed by atoms with Gasteiger partial charge in [0, 0.05) is 32.4 Å². The number of aromatic nitrogens is 2. The van der Waals surface area contributed by atoms with Gasteiger partial charge in [-0.2, -0.15) is 5.10 Å². The van der Waals surface area contributed by atoms with E-state index in [1.54, 1.807) is 14.2 Å².